The smallest absolute Gasteiger partial charge is 0.240 e. The van der Waals surface area contributed by atoms with Gasteiger partial charge in [-0.25, -0.2) is 0 Å². The zero-order valence-electron chi connectivity index (χ0n) is 11.2. The van der Waals surface area contributed by atoms with Crippen LogP contribution in [0.15, 0.2) is 16.5 Å². The summed E-state index contributed by atoms with van der Waals surface area (Å²) in [6.07, 6.45) is 3.92. The van der Waals surface area contributed by atoms with Crippen LogP contribution in [0.3, 0.4) is 0 Å². The SMILES string of the molecule is CCCC1(C(=O)NCc2ccc(C)o2)CCCN1. The third-order valence-electron chi connectivity index (χ3n) is 3.57. The molecule has 1 aromatic rings. The maximum absolute atomic E-state index is 12.3. The van der Waals surface area contributed by atoms with Crippen LogP contribution in [0.1, 0.15) is 44.1 Å². The zero-order valence-corrected chi connectivity index (χ0v) is 11.2. The van der Waals surface area contributed by atoms with Gasteiger partial charge in [0.2, 0.25) is 5.91 Å². The second kappa shape index (κ2) is 5.57. The molecule has 1 atom stereocenters. The van der Waals surface area contributed by atoms with Crippen molar-refractivity contribution >= 4 is 5.91 Å². The maximum Gasteiger partial charge on any atom is 0.240 e. The van der Waals surface area contributed by atoms with Gasteiger partial charge in [0, 0.05) is 0 Å². The van der Waals surface area contributed by atoms with Crippen LogP contribution in [0.25, 0.3) is 0 Å². The number of hydrogen-bond donors (Lipinski definition) is 2. The third kappa shape index (κ3) is 2.75. The lowest BCUT2D eigenvalue weighted by atomic mass is 9.91. The maximum atomic E-state index is 12.3. The highest BCUT2D eigenvalue weighted by Gasteiger charge is 2.39. The molecule has 1 aliphatic rings. The highest BCUT2D eigenvalue weighted by molar-refractivity contribution is 5.86. The fraction of sp³-hybridized carbons (Fsp3) is 0.643. The average molecular weight is 250 g/mol. The second-order valence-corrected chi connectivity index (χ2v) is 5.06. The Hall–Kier alpha value is -1.29. The van der Waals surface area contributed by atoms with Crippen molar-refractivity contribution < 1.29 is 9.21 Å². The lowest BCUT2D eigenvalue weighted by Crippen LogP contribution is -2.53. The van der Waals surface area contributed by atoms with Crippen LogP contribution in [0.4, 0.5) is 0 Å². The van der Waals surface area contributed by atoms with Gasteiger partial charge in [-0.3, -0.25) is 4.79 Å². The van der Waals surface area contributed by atoms with Crippen molar-refractivity contribution in [2.24, 2.45) is 0 Å². The molecular weight excluding hydrogens is 228 g/mol. The highest BCUT2D eigenvalue weighted by atomic mass is 16.3. The number of carbonyl (C=O) groups excluding carboxylic acids is 1. The molecule has 0 aliphatic carbocycles. The van der Waals surface area contributed by atoms with Crippen molar-refractivity contribution in [3.8, 4) is 0 Å². The van der Waals surface area contributed by atoms with Gasteiger partial charge in [-0.15, -0.1) is 0 Å². The van der Waals surface area contributed by atoms with Gasteiger partial charge in [0.25, 0.3) is 0 Å². The molecule has 2 rings (SSSR count). The molecule has 0 spiro atoms. The summed E-state index contributed by atoms with van der Waals surface area (Å²) in [7, 11) is 0. The zero-order chi connectivity index (χ0) is 13.0. The largest absolute Gasteiger partial charge is 0.465 e. The van der Waals surface area contributed by atoms with E-state index in [0.717, 1.165) is 43.7 Å². The van der Waals surface area contributed by atoms with Crippen molar-refractivity contribution in [2.45, 2.75) is 51.6 Å². The minimum Gasteiger partial charge on any atom is -0.465 e. The molecule has 100 valence electrons. The molecule has 0 radical (unpaired) electrons. The van der Waals surface area contributed by atoms with Crippen molar-refractivity contribution in [3.63, 3.8) is 0 Å². The Balaban J connectivity index is 1.93. The van der Waals surface area contributed by atoms with Gasteiger partial charge in [0.05, 0.1) is 12.1 Å². The Morgan fingerprint density at radius 2 is 2.39 bits per heavy atom. The van der Waals surface area contributed by atoms with Crippen LogP contribution < -0.4 is 10.6 Å². The minimum atomic E-state index is -0.351. The van der Waals surface area contributed by atoms with Crippen LogP contribution >= 0.6 is 0 Å². The summed E-state index contributed by atoms with van der Waals surface area (Å²) in [5.41, 5.74) is -0.351. The summed E-state index contributed by atoms with van der Waals surface area (Å²) < 4.78 is 5.45. The molecular formula is C14H22N2O2. The summed E-state index contributed by atoms with van der Waals surface area (Å²) in [5.74, 6) is 1.79. The molecule has 4 heteroatoms. The number of carbonyl (C=O) groups is 1. The summed E-state index contributed by atoms with van der Waals surface area (Å²) in [5, 5.41) is 6.35. The first-order valence-electron chi connectivity index (χ1n) is 6.75. The van der Waals surface area contributed by atoms with Crippen LogP contribution in [0, 0.1) is 6.92 Å². The lowest BCUT2D eigenvalue weighted by Gasteiger charge is -2.27. The van der Waals surface area contributed by atoms with Gasteiger partial charge < -0.3 is 15.1 Å². The van der Waals surface area contributed by atoms with E-state index in [2.05, 4.69) is 17.6 Å². The van der Waals surface area contributed by atoms with E-state index in [1.165, 1.54) is 0 Å². The van der Waals surface area contributed by atoms with E-state index in [-0.39, 0.29) is 11.4 Å². The number of nitrogens with one attached hydrogen (secondary N) is 2. The van der Waals surface area contributed by atoms with Gasteiger partial charge in [-0.2, -0.15) is 0 Å². The van der Waals surface area contributed by atoms with E-state index >= 15 is 0 Å². The van der Waals surface area contributed by atoms with Crippen molar-refractivity contribution in [1.29, 1.82) is 0 Å². The molecule has 0 saturated carbocycles. The Morgan fingerprint density at radius 3 is 2.94 bits per heavy atom. The Bertz CT molecular complexity index is 406. The van der Waals surface area contributed by atoms with Gasteiger partial charge in [-0.05, 0) is 44.9 Å². The van der Waals surface area contributed by atoms with Crippen LogP contribution in [-0.4, -0.2) is 18.0 Å². The Labute approximate surface area is 108 Å². The summed E-state index contributed by atoms with van der Waals surface area (Å²) >= 11 is 0. The van der Waals surface area contributed by atoms with Gasteiger partial charge in [0.1, 0.15) is 11.5 Å². The van der Waals surface area contributed by atoms with Crippen LogP contribution in [0.5, 0.6) is 0 Å². The highest BCUT2D eigenvalue weighted by Crippen LogP contribution is 2.25. The molecule has 1 unspecified atom stereocenters. The molecule has 2 N–H and O–H groups in total. The van der Waals surface area contributed by atoms with Crippen LogP contribution in [0.2, 0.25) is 0 Å². The fourth-order valence-corrected chi connectivity index (χ4v) is 2.67. The van der Waals surface area contributed by atoms with Gasteiger partial charge in [0.15, 0.2) is 0 Å². The quantitative estimate of drug-likeness (QED) is 0.841. The number of rotatable bonds is 5. The standard InChI is InChI=1S/C14H22N2O2/c1-3-7-14(8-4-9-16-14)13(17)15-10-12-6-5-11(2)18-12/h5-6,16H,3-4,7-10H2,1-2H3,(H,15,17). The van der Waals surface area contributed by atoms with Crippen LogP contribution in [-0.2, 0) is 11.3 Å². The van der Waals surface area contributed by atoms with Crippen molar-refractivity contribution in [3.05, 3.63) is 23.7 Å². The molecule has 1 aliphatic heterocycles. The number of aryl methyl sites for hydroxylation is 1. The number of hydrogen-bond acceptors (Lipinski definition) is 3. The van der Waals surface area contributed by atoms with E-state index in [4.69, 9.17) is 4.42 Å². The first-order chi connectivity index (χ1) is 8.66. The first-order valence-corrected chi connectivity index (χ1v) is 6.75. The molecule has 18 heavy (non-hydrogen) atoms. The molecule has 2 heterocycles. The molecule has 1 fully saturated rings. The predicted molar refractivity (Wildman–Crippen MR) is 70.2 cm³/mol. The lowest BCUT2D eigenvalue weighted by molar-refractivity contribution is -0.127. The normalized spacial score (nSPS) is 23.2. The number of amides is 1. The van der Waals surface area contributed by atoms with E-state index in [1.54, 1.807) is 0 Å². The van der Waals surface area contributed by atoms with E-state index in [0.29, 0.717) is 6.54 Å². The predicted octanol–water partition coefficient (Wildman–Crippen LogP) is 2.13. The van der Waals surface area contributed by atoms with Gasteiger partial charge >= 0.3 is 0 Å². The Kier molecular flexibility index (Phi) is 4.07. The topological polar surface area (TPSA) is 54.3 Å². The second-order valence-electron chi connectivity index (χ2n) is 5.06. The summed E-state index contributed by atoms with van der Waals surface area (Å²) in [4.78, 5) is 12.3. The number of furan rings is 1. The fourth-order valence-electron chi connectivity index (χ4n) is 2.67. The van der Waals surface area contributed by atoms with E-state index < -0.39 is 0 Å². The first kappa shape index (κ1) is 13.1. The average Bonchev–Trinajstić information content (AvgIpc) is 2.97. The van der Waals surface area contributed by atoms with Crippen molar-refractivity contribution in [1.82, 2.24) is 10.6 Å². The molecule has 0 aromatic carbocycles. The molecule has 4 nitrogen and oxygen atoms in total. The third-order valence-corrected chi connectivity index (χ3v) is 3.57. The Morgan fingerprint density at radius 1 is 1.56 bits per heavy atom. The van der Waals surface area contributed by atoms with E-state index in [1.807, 2.05) is 19.1 Å². The minimum absolute atomic E-state index is 0.107. The summed E-state index contributed by atoms with van der Waals surface area (Å²) in [6, 6.07) is 3.82. The molecule has 0 bridgehead atoms. The monoisotopic (exact) mass is 250 g/mol. The van der Waals surface area contributed by atoms with Crippen molar-refractivity contribution in [2.75, 3.05) is 6.54 Å². The summed E-state index contributed by atoms with van der Waals surface area (Å²) in [6.45, 7) is 5.43. The molecule has 1 amide bonds. The molecule has 1 saturated heterocycles. The van der Waals surface area contributed by atoms with E-state index in [9.17, 15) is 4.79 Å². The van der Waals surface area contributed by atoms with Gasteiger partial charge in [-0.1, -0.05) is 13.3 Å². The molecule has 1 aromatic heterocycles.